The van der Waals surface area contributed by atoms with Crippen LogP contribution in [0, 0.1) is 6.92 Å². The number of nitrogens with zero attached hydrogens (tertiary/aromatic N) is 1. The van der Waals surface area contributed by atoms with E-state index < -0.39 is 17.6 Å². The van der Waals surface area contributed by atoms with Gasteiger partial charge in [0, 0.05) is 12.1 Å². The van der Waals surface area contributed by atoms with Gasteiger partial charge in [0.25, 0.3) is 5.91 Å². The first-order valence-corrected chi connectivity index (χ1v) is 7.72. The first-order valence-electron chi connectivity index (χ1n) is 7.72. The molecule has 0 unspecified atom stereocenters. The average Bonchev–Trinajstić information content (AvgIpc) is 2.52. The zero-order chi connectivity index (χ0) is 18.6. The Balaban J connectivity index is 2.45. The molecule has 4 N–H and O–H groups in total. The van der Waals surface area contributed by atoms with Crippen LogP contribution in [-0.2, 0) is 0 Å². The molecule has 0 saturated carbocycles. The molecular weight excluding hydrogens is 322 g/mol. The number of carbonyl (C=O) groups excluding carboxylic acids is 2. The van der Waals surface area contributed by atoms with Gasteiger partial charge in [0.15, 0.2) is 5.75 Å². The van der Waals surface area contributed by atoms with E-state index in [0.717, 1.165) is 0 Å². The monoisotopic (exact) mass is 343 g/mol. The summed E-state index contributed by atoms with van der Waals surface area (Å²) in [6, 6.07) is 10.5. The van der Waals surface area contributed by atoms with Crippen LogP contribution in [0.4, 0.5) is 4.79 Å². The molecule has 132 valence electrons. The third-order valence-corrected chi connectivity index (χ3v) is 3.33. The highest BCUT2D eigenvalue weighted by Crippen LogP contribution is 2.30. The van der Waals surface area contributed by atoms with Crippen LogP contribution in [0.15, 0.2) is 36.4 Å². The molecule has 7 nitrogen and oxygen atoms in total. The second-order valence-electron chi connectivity index (χ2n) is 6.28. The minimum Gasteiger partial charge on any atom is -0.408 e. The Morgan fingerprint density at radius 1 is 1.28 bits per heavy atom. The van der Waals surface area contributed by atoms with Gasteiger partial charge in [-0.1, -0.05) is 30.3 Å². The van der Waals surface area contributed by atoms with Gasteiger partial charge in [-0.05, 0) is 32.4 Å². The van der Waals surface area contributed by atoms with E-state index in [4.69, 9.17) is 10.5 Å². The molecule has 25 heavy (non-hydrogen) atoms. The van der Waals surface area contributed by atoms with Gasteiger partial charge < -0.3 is 20.9 Å². The number of benzene rings is 1. The molecule has 0 spiro atoms. The second kappa shape index (κ2) is 7.31. The fourth-order valence-electron chi connectivity index (χ4n) is 2.19. The van der Waals surface area contributed by atoms with Crippen molar-refractivity contribution in [1.29, 1.82) is 0 Å². The Bertz CT molecular complexity index is 783. The maximum atomic E-state index is 12.4. The number of nitrogens with one attached hydrogen (secondary N) is 1. The van der Waals surface area contributed by atoms with E-state index in [-0.39, 0.29) is 18.0 Å². The molecule has 0 saturated heterocycles. The summed E-state index contributed by atoms with van der Waals surface area (Å²) in [5.74, 6) is -0.252. The van der Waals surface area contributed by atoms with E-state index in [1.807, 2.05) is 6.07 Å². The zero-order valence-corrected chi connectivity index (χ0v) is 14.4. The van der Waals surface area contributed by atoms with Crippen molar-refractivity contribution in [2.45, 2.75) is 26.4 Å². The van der Waals surface area contributed by atoms with Crippen molar-refractivity contribution >= 4 is 12.0 Å². The molecule has 0 aliphatic heterocycles. The van der Waals surface area contributed by atoms with Gasteiger partial charge in [-0.3, -0.25) is 4.79 Å². The smallest absolute Gasteiger partial charge is 0.408 e. The van der Waals surface area contributed by atoms with E-state index >= 15 is 0 Å². The summed E-state index contributed by atoms with van der Waals surface area (Å²) in [6.45, 7) is 4.93. The first kappa shape index (κ1) is 18.4. The highest BCUT2D eigenvalue weighted by molar-refractivity contribution is 5.95. The van der Waals surface area contributed by atoms with Gasteiger partial charge in [-0.15, -0.1) is 0 Å². The van der Waals surface area contributed by atoms with Crippen molar-refractivity contribution in [3.8, 4) is 17.0 Å². The van der Waals surface area contributed by atoms with Crippen LogP contribution >= 0.6 is 0 Å². The maximum Gasteiger partial charge on any atom is 0.410 e. The summed E-state index contributed by atoms with van der Waals surface area (Å²) >= 11 is 0. The fourth-order valence-corrected chi connectivity index (χ4v) is 2.19. The van der Waals surface area contributed by atoms with Crippen LogP contribution in [-0.4, -0.2) is 34.2 Å². The van der Waals surface area contributed by atoms with Gasteiger partial charge in [-0.25, -0.2) is 9.78 Å². The van der Waals surface area contributed by atoms with Gasteiger partial charge in [-0.2, -0.15) is 0 Å². The summed E-state index contributed by atoms with van der Waals surface area (Å²) in [4.78, 5) is 27.9. The Kier molecular flexibility index (Phi) is 5.38. The topological polar surface area (TPSA) is 115 Å². The van der Waals surface area contributed by atoms with Crippen molar-refractivity contribution in [2.75, 3.05) is 6.54 Å². The Hall–Kier alpha value is -2.93. The minimum atomic E-state index is -1.04. The van der Waals surface area contributed by atoms with Crippen molar-refractivity contribution in [3.63, 3.8) is 0 Å². The third-order valence-electron chi connectivity index (χ3n) is 3.33. The fraction of sp³-hybridized carbons (Fsp3) is 0.278. The average molecular weight is 343 g/mol. The number of aryl methyl sites for hydroxylation is 1. The molecule has 1 aromatic carbocycles. The summed E-state index contributed by atoms with van der Waals surface area (Å²) < 4.78 is 5.03. The summed E-state index contributed by atoms with van der Waals surface area (Å²) in [5.41, 5.74) is 5.78. The van der Waals surface area contributed by atoms with Crippen molar-refractivity contribution in [2.24, 2.45) is 5.73 Å². The number of primary amides is 1. The number of nitrogens with two attached hydrogens (primary N) is 1. The predicted octanol–water partition coefficient (Wildman–Crippen LogP) is 2.02. The molecule has 0 aliphatic carbocycles. The van der Waals surface area contributed by atoms with Crippen molar-refractivity contribution in [3.05, 3.63) is 47.7 Å². The highest BCUT2D eigenvalue weighted by atomic mass is 16.5. The van der Waals surface area contributed by atoms with Crippen LogP contribution < -0.4 is 15.8 Å². The molecule has 7 heteroatoms. The summed E-state index contributed by atoms with van der Waals surface area (Å²) in [6.07, 6.45) is -0.961. The molecule has 2 amide bonds. The molecule has 0 bridgehead atoms. The summed E-state index contributed by atoms with van der Waals surface area (Å²) in [7, 11) is 0. The largest absolute Gasteiger partial charge is 0.410 e. The van der Waals surface area contributed by atoms with E-state index in [0.29, 0.717) is 16.8 Å². The van der Waals surface area contributed by atoms with Gasteiger partial charge in [0.2, 0.25) is 0 Å². The lowest BCUT2D eigenvalue weighted by molar-refractivity contribution is 0.0691. The number of amides is 2. The van der Waals surface area contributed by atoms with Crippen LogP contribution in [0.5, 0.6) is 5.75 Å². The van der Waals surface area contributed by atoms with E-state index in [2.05, 4.69) is 10.3 Å². The molecule has 0 atom stereocenters. The molecule has 0 radical (unpaired) electrons. The van der Waals surface area contributed by atoms with Gasteiger partial charge in [0.05, 0.1) is 5.60 Å². The lowest BCUT2D eigenvalue weighted by Gasteiger charge is -2.18. The minimum absolute atomic E-state index is 0.0765. The van der Waals surface area contributed by atoms with Crippen LogP contribution in [0.25, 0.3) is 11.3 Å². The Labute approximate surface area is 145 Å². The Morgan fingerprint density at radius 3 is 2.48 bits per heavy atom. The quantitative estimate of drug-likeness (QED) is 0.768. The van der Waals surface area contributed by atoms with Gasteiger partial charge >= 0.3 is 6.09 Å². The maximum absolute atomic E-state index is 12.4. The standard InChI is InChI=1S/C18H21N3O4/c1-11-9-13(25-17(19)23)15(12-7-5-4-6-8-12)21-14(11)16(22)20-10-18(2,3)24/h4-9,24H,10H2,1-3H3,(H2,19,23)(H,20,22). The first-order chi connectivity index (χ1) is 11.7. The second-order valence-corrected chi connectivity index (χ2v) is 6.28. The van der Waals surface area contributed by atoms with Crippen molar-refractivity contribution in [1.82, 2.24) is 10.3 Å². The molecule has 0 aliphatic rings. The third kappa shape index (κ3) is 5.02. The number of rotatable bonds is 5. The number of hydrogen-bond acceptors (Lipinski definition) is 5. The molecule has 2 rings (SSSR count). The predicted molar refractivity (Wildman–Crippen MR) is 93.3 cm³/mol. The molecular formula is C18H21N3O4. The lowest BCUT2D eigenvalue weighted by Crippen LogP contribution is -2.38. The number of aliphatic hydroxyl groups is 1. The van der Waals surface area contributed by atoms with Crippen LogP contribution in [0.1, 0.15) is 29.9 Å². The summed E-state index contributed by atoms with van der Waals surface area (Å²) in [5, 5.41) is 12.4. The van der Waals surface area contributed by atoms with Crippen LogP contribution in [0.3, 0.4) is 0 Å². The normalized spacial score (nSPS) is 11.0. The highest BCUT2D eigenvalue weighted by Gasteiger charge is 2.20. The number of aromatic nitrogens is 1. The molecule has 1 aromatic heterocycles. The number of ether oxygens (including phenoxy) is 1. The number of pyridine rings is 1. The van der Waals surface area contributed by atoms with Crippen molar-refractivity contribution < 1.29 is 19.4 Å². The lowest BCUT2D eigenvalue weighted by atomic mass is 10.1. The molecule has 1 heterocycles. The van der Waals surface area contributed by atoms with Crippen LogP contribution in [0.2, 0.25) is 0 Å². The molecule has 2 aromatic rings. The van der Waals surface area contributed by atoms with E-state index in [9.17, 15) is 14.7 Å². The zero-order valence-electron chi connectivity index (χ0n) is 14.4. The van der Waals surface area contributed by atoms with E-state index in [1.54, 1.807) is 51.1 Å². The van der Waals surface area contributed by atoms with Gasteiger partial charge in [0.1, 0.15) is 11.4 Å². The number of carbonyl (C=O) groups is 2. The van der Waals surface area contributed by atoms with E-state index in [1.165, 1.54) is 0 Å². The molecule has 0 fully saturated rings. The number of hydrogen-bond donors (Lipinski definition) is 3. The Morgan fingerprint density at radius 2 is 1.92 bits per heavy atom. The SMILES string of the molecule is Cc1cc(OC(N)=O)c(-c2ccccc2)nc1C(=O)NCC(C)(C)O.